The Kier molecular flexibility index (Phi) is 5.06. The van der Waals surface area contributed by atoms with Crippen LogP contribution in [0.25, 0.3) is 22.5 Å². The highest BCUT2D eigenvalue weighted by Gasteiger charge is 2.35. The maximum absolute atomic E-state index is 12.8. The number of carbonyl (C=O) groups excluding carboxylic acids is 1. The number of fused-ring (bicyclic) bond motifs is 2. The van der Waals surface area contributed by atoms with Crippen LogP contribution < -0.4 is 0 Å². The van der Waals surface area contributed by atoms with Gasteiger partial charge in [0, 0.05) is 16.8 Å². The van der Waals surface area contributed by atoms with Crippen LogP contribution in [-0.4, -0.2) is 31.5 Å². The lowest BCUT2D eigenvalue weighted by molar-refractivity contribution is -0.114. The summed E-state index contributed by atoms with van der Waals surface area (Å²) >= 11 is 1.38. The van der Waals surface area contributed by atoms with Gasteiger partial charge in [0.25, 0.3) is 5.91 Å². The van der Waals surface area contributed by atoms with Crippen LogP contribution in [0.5, 0.6) is 0 Å². The molecule has 0 spiro atoms. The van der Waals surface area contributed by atoms with Crippen molar-refractivity contribution in [3.8, 4) is 5.69 Å². The summed E-state index contributed by atoms with van der Waals surface area (Å²) in [5.41, 5.74) is 4.32. The number of hydrogen-bond acceptors (Lipinski definition) is 4. The van der Waals surface area contributed by atoms with Gasteiger partial charge >= 0.3 is 0 Å². The van der Waals surface area contributed by atoms with Crippen molar-refractivity contribution in [1.29, 1.82) is 5.41 Å². The lowest BCUT2D eigenvalue weighted by atomic mass is 10.1. The summed E-state index contributed by atoms with van der Waals surface area (Å²) in [5, 5.41) is 18.3. The molecule has 0 bridgehead atoms. The molecule has 0 saturated carbocycles. The highest BCUT2D eigenvalue weighted by atomic mass is 32.2. The molecule has 32 heavy (non-hydrogen) atoms. The number of amides is 1. The number of hydrogen-bond donors (Lipinski definition) is 1. The van der Waals surface area contributed by atoms with E-state index in [4.69, 9.17) is 5.41 Å². The third-order valence-corrected chi connectivity index (χ3v) is 6.71. The first-order valence-corrected chi connectivity index (χ1v) is 11.5. The Morgan fingerprint density at radius 2 is 1.91 bits per heavy atom. The van der Waals surface area contributed by atoms with Gasteiger partial charge in [-0.25, -0.2) is 0 Å². The van der Waals surface area contributed by atoms with Gasteiger partial charge in [-0.15, -0.1) is 0 Å². The van der Waals surface area contributed by atoms with Gasteiger partial charge in [0.15, 0.2) is 5.84 Å². The van der Waals surface area contributed by atoms with E-state index in [9.17, 15) is 4.79 Å². The molecule has 0 unspecified atom stereocenters. The van der Waals surface area contributed by atoms with Crippen molar-refractivity contribution in [2.24, 2.45) is 10.1 Å². The van der Waals surface area contributed by atoms with Crippen molar-refractivity contribution in [3.63, 3.8) is 0 Å². The summed E-state index contributed by atoms with van der Waals surface area (Å²) in [6, 6.07) is 16.6. The van der Waals surface area contributed by atoms with Crippen molar-refractivity contribution in [3.05, 3.63) is 71.1 Å². The number of carbonyl (C=O) groups is 1. The Morgan fingerprint density at radius 1 is 1.12 bits per heavy atom. The van der Waals surface area contributed by atoms with Gasteiger partial charge in [0.2, 0.25) is 5.17 Å². The molecule has 3 heterocycles. The molecule has 1 N–H and O–H groups in total. The second kappa shape index (κ2) is 7.91. The van der Waals surface area contributed by atoms with Crippen molar-refractivity contribution in [1.82, 2.24) is 9.58 Å². The van der Waals surface area contributed by atoms with E-state index in [0.717, 1.165) is 40.5 Å². The Bertz CT molecular complexity index is 1370. The van der Waals surface area contributed by atoms with E-state index in [1.807, 2.05) is 19.1 Å². The number of aliphatic imine (C=N–C) groups is 1. The normalized spacial score (nSPS) is 17.2. The monoisotopic (exact) mass is 441 g/mol. The standard InChI is InChI=1S/C25H23N5OS/c1-4-8-22-28-30-23(26)20(24(31)27-25(30)32-22)14-18-13-15(2)29(16(18)3)21-12-7-10-17-9-5-6-11-19(17)21/h5-7,9-14,26H,4,8H2,1-3H3/b20-14+,26-23?. The molecule has 0 fully saturated rings. The Morgan fingerprint density at radius 3 is 2.72 bits per heavy atom. The number of nitrogens with zero attached hydrogens (tertiary/aromatic N) is 4. The smallest absolute Gasteiger partial charge is 0.283 e. The number of benzene rings is 2. The van der Waals surface area contributed by atoms with Gasteiger partial charge in [0.1, 0.15) is 5.04 Å². The zero-order valence-corrected chi connectivity index (χ0v) is 19.0. The maximum Gasteiger partial charge on any atom is 0.283 e. The molecule has 5 rings (SSSR count). The van der Waals surface area contributed by atoms with E-state index >= 15 is 0 Å². The quantitative estimate of drug-likeness (QED) is 0.530. The van der Waals surface area contributed by atoms with E-state index in [-0.39, 0.29) is 11.4 Å². The average molecular weight is 442 g/mol. The number of aryl methyl sites for hydroxylation is 1. The largest absolute Gasteiger partial charge is 0.317 e. The van der Waals surface area contributed by atoms with Crippen LogP contribution in [0, 0.1) is 19.3 Å². The number of nitrogens with one attached hydrogen (secondary N) is 1. The van der Waals surface area contributed by atoms with Crippen LogP contribution >= 0.6 is 11.8 Å². The first-order chi connectivity index (χ1) is 15.5. The summed E-state index contributed by atoms with van der Waals surface area (Å²) in [4.78, 5) is 17.0. The molecule has 160 valence electrons. The van der Waals surface area contributed by atoms with E-state index in [0.29, 0.717) is 5.17 Å². The minimum atomic E-state index is -0.392. The van der Waals surface area contributed by atoms with Crippen LogP contribution in [-0.2, 0) is 4.79 Å². The minimum Gasteiger partial charge on any atom is -0.317 e. The topological polar surface area (TPSA) is 73.8 Å². The zero-order valence-electron chi connectivity index (χ0n) is 18.2. The van der Waals surface area contributed by atoms with Crippen molar-refractivity contribution >= 4 is 50.6 Å². The summed E-state index contributed by atoms with van der Waals surface area (Å²) in [6.07, 6.45) is 3.54. The fourth-order valence-electron chi connectivity index (χ4n) is 4.21. The molecule has 3 aromatic rings. The van der Waals surface area contributed by atoms with Crippen LogP contribution in [0.2, 0.25) is 0 Å². The summed E-state index contributed by atoms with van der Waals surface area (Å²) in [7, 11) is 0. The molecule has 7 heteroatoms. The molecule has 0 radical (unpaired) electrons. The van der Waals surface area contributed by atoms with Gasteiger partial charge in [-0.05, 0) is 67.6 Å². The molecule has 2 aromatic carbocycles. The van der Waals surface area contributed by atoms with Crippen LogP contribution in [0.15, 0.2) is 64.2 Å². The third kappa shape index (κ3) is 3.29. The number of thioether (sulfide) groups is 1. The third-order valence-electron chi connectivity index (χ3n) is 5.74. The van der Waals surface area contributed by atoms with Crippen LogP contribution in [0.1, 0.15) is 36.7 Å². The van der Waals surface area contributed by atoms with Crippen LogP contribution in [0.4, 0.5) is 0 Å². The van der Waals surface area contributed by atoms with E-state index in [1.165, 1.54) is 27.5 Å². The van der Waals surface area contributed by atoms with Gasteiger partial charge in [-0.1, -0.05) is 43.3 Å². The van der Waals surface area contributed by atoms with Gasteiger partial charge < -0.3 is 4.57 Å². The van der Waals surface area contributed by atoms with Crippen LogP contribution in [0.3, 0.4) is 0 Å². The molecule has 2 aliphatic heterocycles. The predicted octanol–water partition coefficient (Wildman–Crippen LogP) is 5.67. The predicted molar refractivity (Wildman–Crippen MR) is 133 cm³/mol. The second-order valence-electron chi connectivity index (χ2n) is 7.92. The molecule has 6 nitrogen and oxygen atoms in total. The average Bonchev–Trinajstić information content (AvgIpc) is 3.30. The van der Waals surface area contributed by atoms with Gasteiger partial charge in [-0.3, -0.25) is 10.2 Å². The Balaban J connectivity index is 1.58. The number of aromatic nitrogens is 1. The summed E-state index contributed by atoms with van der Waals surface area (Å²) < 4.78 is 2.20. The first kappa shape index (κ1) is 20.5. The fourth-order valence-corrected chi connectivity index (χ4v) is 5.20. The van der Waals surface area contributed by atoms with Gasteiger partial charge in [-0.2, -0.15) is 15.1 Å². The first-order valence-electron chi connectivity index (χ1n) is 10.6. The minimum absolute atomic E-state index is 0.0774. The van der Waals surface area contributed by atoms with Crippen molar-refractivity contribution in [2.75, 3.05) is 0 Å². The number of amidine groups is 2. The lowest BCUT2D eigenvalue weighted by Crippen LogP contribution is -2.35. The Hall–Kier alpha value is -3.45. The van der Waals surface area contributed by atoms with Crippen molar-refractivity contribution < 1.29 is 4.79 Å². The number of hydrazone groups is 1. The fraction of sp³-hybridized carbons (Fsp3) is 0.200. The molecule has 0 aliphatic carbocycles. The van der Waals surface area contributed by atoms with Crippen molar-refractivity contribution in [2.45, 2.75) is 33.6 Å². The molecule has 0 atom stereocenters. The highest BCUT2D eigenvalue weighted by Crippen LogP contribution is 2.32. The maximum atomic E-state index is 12.8. The molecule has 2 aliphatic rings. The SMILES string of the molecule is CCCC1=NN2C(=N)/C(=C\c3cc(C)n(-c4cccc5ccccc45)c3C)C(=O)N=C2S1. The molecule has 1 aromatic heterocycles. The zero-order chi connectivity index (χ0) is 22.4. The molecule has 1 amide bonds. The highest BCUT2D eigenvalue weighted by molar-refractivity contribution is 8.26. The van der Waals surface area contributed by atoms with E-state index in [2.05, 4.69) is 64.9 Å². The van der Waals surface area contributed by atoms with Gasteiger partial charge in [0.05, 0.1) is 11.3 Å². The van der Waals surface area contributed by atoms with E-state index < -0.39 is 5.91 Å². The molecular weight excluding hydrogens is 418 g/mol. The Labute approximate surface area is 190 Å². The summed E-state index contributed by atoms with van der Waals surface area (Å²) in [6.45, 7) is 6.17. The molecule has 0 saturated heterocycles. The van der Waals surface area contributed by atoms with E-state index in [1.54, 1.807) is 6.08 Å². The second-order valence-corrected chi connectivity index (χ2v) is 8.96. The number of rotatable bonds is 4. The lowest BCUT2D eigenvalue weighted by Gasteiger charge is -2.20. The molecular formula is C25H23N5OS. The summed E-state index contributed by atoms with van der Waals surface area (Å²) in [5.74, 6) is -0.315.